The summed E-state index contributed by atoms with van der Waals surface area (Å²) in [6.45, 7) is 0. The lowest BCUT2D eigenvalue weighted by Crippen LogP contribution is -2.11. The maximum Gasteiger partial charge on any atom is 0.262 e. The van der Waals surface area contributed by atoms with Crippen molar-refractivity contribution in [3.8, 4) is 0 Å². The van der Waals surface area contributed by atoms with Crippen LogP contribution in [-0.2, 0) is 0 Å². The van der Waals surface area contributed by atoms with Crippen LogP contribution in [0.2, 0.25) is 5.22 Å². The molecule has 2 heterocycles. The first-order valence-electron chi connectivity index (χ1n) is 3.47. The van der Waals surface area contributed by atoms with E-state index in [1.54, 1.807) is 0 Å². The summed E-state index contributed by atoms with van der Waals surface area (Å²) < 4.78 is 8.25. The summed E-state index contributed by atoms with van der Waals surface area (Å²) in [5.41, 5.74) is 0.252. The summed E-state index contributed by atoms with van der Waals surface area (Å²) in [6.07, 6.45) is 1.33. The summed E-state index contributed by atoms with van der Waals surface area (Å²) in [7, 11) is 0. The molecule has 1 amide bonds. The minimum atomic E-state index is -0.401. The van der Waals surface area contributed by atoms with Crippen molar-refractivity contribution in [3.63, 3.8) is 0 Å². The van der Waals surface area contributed by atoms with Gasteiger partial charge in [-0.1, -0.05) is 9.59 Å². The summed E-state index contributed by atoms with van der Waals surface area (Å²) in [6, 6.07) is 1.46. The second-order valence-electron chi connectivity index (χ2n) is 2.23. The third kappa shape index (κ3) is 1.73. The number of nitrogens with zero attached hydrogens (tertiary/aromatic N) is 3. The molecule has 0 aliphatic heterocycles. The van der Waals surface area contributed by atoms with Gasteiger partial charge in [-0.05, 0) is 22.9 Å². The number of hydrogen-bond donors (Lipinski definition) is 1. The number of hydrogen-bond acceptors (Lipinski definition) is 6. The van der Waals surface area contributed by atoms with Gasteiger partial charge in [0.1, 0.15) is 0 Å². The fourth-order valence-electron chi connectivity index (χ4n) is 0.802. The topological polar surface area (TPSA) is 80.9 Å². The van der Waals surface area contributed by atoms with E-state index < -0.39 is 5.91 Å². The lowest BCUT2D eigenvalue weighted by molar-refractivity contribution is 0.102. The van der Waals surface area contributed by atoms with Gasteiger partial charge in [-0.15, -0.1) is 0 Å². The molecule has 1 N–H and O–H groups in total. The van der Waals surface area contributed by atoms with Crippen molar-refractivity contribution in [3.05, 3.63) is 23.1 Å². The zero-order valence-corrected chi connectivity index (χ0v) is 8.17. The molecule has 0 aromatic carbocycles. The van der Waals surface area contributed by atoms with Gasteiger partial charge in [0.25, 0.3) is 5.91 Å². The molecule has 2 rings (SSSR count). The second-order valence-corrected chi connectivity index (χ2v) is 3.31. The van der Waals surface area contributed by atoms with Crippen molar-refractivity contribution in [2.24, 2.45) is 0 Å². The van der Waals surface area contributed by atoms with Crippen molar-refractivity contribution in [2.45, 2.75) is 0 Å². The number of carbonyl (C=O) groups excluding carboxylic acids is 1. The van der Waals surface area contributed by atoms with Gasteiger partial charge in [-0.25, -0.2) is 0 Å². The van der Waals surface area contributed by atoms with Gasteiger partial charge in [0.05, 0.1) is 11.8 Å². The highest BCUT2D eigenvalue weighted by atomic mass is 35.5. The average Bonchev–Trinajstić information content (AvgIpc) is 2.75. The molecule has 2 aromatic heterocycles. The summed E-state index contributed by atoms with van der Waals surface area (Å²) in [5.74, 6) is -0.401. The van der Waals surface area contributed by atoms with Crippen molar-refractivity contribution in [1.82, 2.24) is 14.8 Å². The first-order valence-corrected chi connectivity index (χ1v) is 4.62. The van der Waals surface area contributed by atoms with Gasteiger partial charge in [0.2, 0.25) is 10.4 Å². The Balaban J connectivity index is 2.14. The van der Waals surface area contributed by atoms with Crippen molar-refractivity contribution < 1.29 is 9.21 Å². The highest BCUT2D eigenvalue weighted by molar-refractivity contribution is 7.09. The Morgan fingerprint density at radius 3 is 3.07 bits per heavy atom. The monoisotopic (exact) mass is 230 g/mol. The largest absolute Gasteiger partial charge is 0.452 e. The molecule has 0 unspecified atom stereocenters. The number of nitrogens with one attached hydrogen (secondary N) is 1. The predicted molar refractivity (Wildman–Crippen MR) is 49.4 cm³/mol. The third-order valence-electron chi connectivity index (χ3n) is 1.38. The lowest BCUT2D eigenvalue weighted by Gasteiger charge is -1.96. The van der Waals surface area contributed by atoms with Crippen LogP contribution in [-0.4, -0.2) is 20.7 Å². The first kappa shape index (κ1) is 9.10. The summed E-state index contributed by atoms with van der Waals surface area (Å²) in [5, 5.41) is 9.69. The Kier molecular flexibility index (Phi) is 2.42. The summed E-state index contributed by atoms with van der Waals surface area (Å²) >= 11 is 6.58. The number of furan rings is 1. The van der Waals surface area contributed by atoms with E-state index in [2.05, 4.69) is 20.1 Å². The van der Waals surface area contributed by atoms with E-state index in [1.807, 2.05) is 0 Å². The molecule has 0 atom stereocenters. The minimum Gasteiger partial charge on any atom is -0.452 e. The van der Waals surface area contributed by atoms with Crippen LogP contribution in [0.15, 0.2) is 16.7 Å². The van der Waals surface area contributed by atoms with Gasteiger partial charge in [0.15, 0.2) is 0 Å². The summed E-state index contributed by atoms with van der Waals surface area (Å²) in [4.78, 5) is 11.4. The van der Waals surface area contributed by atoms with Crippen LogP contribution in [0.1, 0.15) is 10.4 Å². The normalized spacial score (nSPS) is 10.1. The molecule has 0 bridgehead atoms. The van der Waals surface area contributed by atoms with Crippen LogP contribution in [0.4, 0.5) is 5.13 Å². The molecule has 0 aliphatic rings. The molecule has 0 spiro atoms. The Morgan fingerprint density at radius 2 is 2.50 bits per heavy atom. The fraction of sp³-hybridized carbons (Fsp3) is 0. The Bertz CT molecular complexity index is 440. The van der Waals surface area contributed by atoms with Gasteiger partial charge >= 0.3 is 0 Å². The zero-order chi connectivity index (χ0) is 9.97. The Morgan fingerprint density at radius 1 is 1.64 bits per heavy atom. The molecule has 8 heteroatoms. The predicted octanol–water partition coefficient (Wildman–Crippen LogP) is 1.43. The Hall–Kier alpha value is -1.47. The number of aromatic nitrogens is 3. The van der Waals surface area contributed by atoms with E-state index in [-0.39, 0.29) is 10.8 Å². The quantitative estimate of drug-likeness (QED) is 0.844. The average molecular weight is 231 g/mol. The molecule has 6 nitrogen and oxygen atoms in total. The van der Waals surface area contributed by atoms with Gasteiger partial charge < -0.3 is 4.42 Å². The van der Waals surface area contributed by atoms with Crippen LogP contribution in [0.5, 0.6) is 0 Å². The van der Waals surface area contributed by atoms with Crippen molar-refractivity contribution in [1.29, 1.82) is 0 Å². The molecule has 14 heavy (non-hydrogen) atoms. The second kappa shape index (κ2) is 3.72. The number of carbonyl (C=O) groups is 1. The molecule has 0 fully saturated rings. The van der Waals surface area contributed by atoms with Gasteiger partial charge in [-0.3, -0.25) is 10.1 Å². The van der Waals surface area contributed by atoms with E-state index in [9.17, 15) is 4.79 Å². The van der Waals surface area contributed by atoms with Crippen molar-refractivity contribution in [2.75, 3.05) is 5.32 Å². The van der Waals surface area contributed by atoms with Crippen LogP contribution < -0.4 is 5.32 Å². The van der Waals surface area contributed by atoms with Crippen LogP contribution in [0.25, 0.3) is 0 Å². The lowest BCUT2D eigenvalue weighted by atomic mass is 10.3. The highest BCUT2D eigenvalue weighted by Gasteiger charge is 2.14. The SMILES string of the molecule is O=C(Nc1nnns1)c1ccoc1Cl. The number of halogens is 1. The maximum absolute atomic E-state index is 11.4. The van der Waals surface area contributed by atoms with Crippen LogP contribution in [0, 0.1) is 0 Å². The molecule has 0 radical (unpaired) electrons. The van der Waals surface area contributed by atoms with E-state index in [0.717, 1.165) is 11.5 Å². The number of anilines is 1. The molecular formula is C6H3ClN4O2S. The molecule has 0 saturated heterocycles. The zero-order valence-electron chi connectivity index (χ0n) is 6.60. The molecular weight excluding hydrogens is 228 g/mol. The maximum atomic E-state index is 11.4. The van der Waals surface area contributed by atoms with E-state index in [0.29, 0.717) is 5.13 Å². The van der Waals surface area contributed by atoms with E-state index in [1.165, 1.54) is 12.3 Å². The van der Waals surface area contributed by atoms with Gasteiger partial charge in [-0.2, -0.15) is 0 Å². The smallest absolute Gasteiger partial charge is 0.262 e. The standard InChI is InChI=1S/C6H3ClN4O2S/c7-4-3(1-2-13-4)5(12)8-6-9-10-11-14-6/h1-2H,(H,8,9,11,12). The number of rotatable bonds is 2. The fourth-order valence-corrected chi connectivity index (χ4v) is 1.36. The van der Waals surface area contributed by atoms with Crippen LogP contribution >= 0.6 is 23.1 Å². The highest BCUT2D eigenvalue weighted by Crippen LogP contribution is 2.18. The number of amides is 1. The first-order chi connectivity index (χ1) is 6.77. The van der Waals surface area contributed by atoms with Crippen LogP contribution in [0.3, 0.4) is 0 Å². The minimum absolute atomic E-state index is 0.0416. The molecule has 72 valence electrons. The van der Waals surface area contributed by atoms with Crippen molar-refractivity contribution >= 4 is 34.2 Å². The third-order valence-corrected chi connectivity index (χ3v) is 2.19. The van der Waals surface area contributed by atoms with E-state index >= 15 is 0 Å². The molecule has 0 aliphatic carbocycles. The Labute approximate surface area is 87.0 Å². The molecule has 2 aromatic rings. The van der Waals surface area contributed by atoms with Gasteiger partial charge in [0, 0.05) is 11.5 Å². The molecule has 0 saturated carbocycles. The van der Waals surface area contributed by atoms with E-state index in [4.69, 9.17) is 16.0 Å².